The molecule has 154 valence electrons. The minimum Gasteiger partial charge on any atom is -0.321 e. The third-order valence-electron chi connectivity index (χ3n) is 4.70. The van der Waals surface area contributed by atoms with E-state index in [9.17, 15) is 9.59 Å². The number of carbonyl (C=O) groups is 2. The summed E-state index contributed by atoms with van der Waals surface area (Å²) in [5.74, 6) is -0.929. The Morgan fingerprint density at radius 1 is 0.968 bits per heavy atom. The average Bonchev–Trinajstić information content (AvgIpc) is 3.21. The first-order chi connectivity index (χ1) is 15.1. The van der Waals surface area contributed by atoms with Gasteiger partial charge in [0.2, 0.25) is 0 Å². The minimum atomic E-state index is -0.656. The van der Waals surface area contributed by atoms with E-state index < -0.39 is 5.91 Å². The summed E-state index contributed by atoms with van der Waals surface area (Å²) in [6.07, 6.45) is 2.68. The maximum atomic E-state index is 12.7. The van der Waals surface area contributed by atoms with Crippen LogP contribution >= 0.6 is 0 Å². The van der Waals surface area contributed by atoms with Gasteiger partial charge in [-0.1, -0.05) is 47.7 Å². The summed E-state index contributed by atoms with van der Waals surface area (Å²) >= 11 is 0. The first kappa shape index (κ1) is 20.0. The molecule has 0 aliphatic carbocycles. The van der Waals surface area contributed by atoms with Crippen LogP contribution in [0.4, 0.5) is 5.69 Å². The van der Waals surface area contributed by atoms with E-state index >= 15 is 0 Å². The van der Waals surface area contributed by atoms with Gasteiger partial charge in [0.05, 0.1) is 12.1 Å². The second-order valence-electron chi connectivity index (χ2n) is 6.78. The number of rotatable bonds is 6. The molecule has 3 N–H and O–H groups in total. The molecule has 31 heavy (non-hydrogen) atoms. The van der Waals surface area contributed by atoms with Crippen LogP contribution in [0, 0.1) is 0 Å². The Labute approximate surface area is 177 Å². The number of amides is 2. The maximum absolute atomic E-state index is 12.7. The van der Waals surface area contributed by atoms with E-state index in [1.54, 1.807) is 36.4 Å². The first-order valence-electron chi connectivity index (χ1n) is 9.54. The molecule has 1 heterocycles. The van der Waals surface area contributed by atoms with Gasteiger partial charge < -0.3 is 5.32 Å². The fraction of sp³-hybridized carbons (Fsp3) is 0.0435. The number of para-hydroxylation sites is 2. The molecular weight excluding hydrogens is 394 g/mol. The Hall–Kier alpha value is -4.30. The third kappa shape index (κ3) is 4.65. The Balaban J connectivity index is 1.47. The van der Waals surface area contributed by atoms with Gasteiger partial charge in [0.25, 0.3) is 11.8 Å². The molecular formula is C23H19N5O3. The quantitative estimate of drug-likeness (QED) is 0.255. The van der Waals surface area contributed by atoms with Crippen molar-refractivity contribution in [3.8, 4) is 0 Å². The van der Waals surface area contributed by atoms with Crippen molar-refractivity contribution in [1.82, 2.24) is 20.5 Å². The standard InChI is InChI=1S/C23H19N5O3/c29-22(26-31)14-13-17-5-1-2-6-19(17)24-23(30)18-11-9-16(10-12-18)15-28-21-8-4-3-7-20(21)25-27-28/h1-14,31H,15H2,(H,24,30)(H,26,29)/b14-13+. The van der Waals surface area contributed by atoms with E-state index in [1.165, 1.54) is 17.6 Å². The normalized spacial score (nSPS) is 11.0. The predicted octanol–water partition coefficient (Wildman–Crippen LogP) is 3.25. The monoisotopic (exact) mass is 413 g/mol. The summed E-state index contributed by atoms with van der Waals surface area (Å²) in [7, 11) is 0. The smallest absolute Gasteiger partial charge is 0.267 e. The van der Waals surface area contributed by atoms with Gasteiger partial charge in [-0.25, -0.2) is 10.2 Å². The summed E-state index contributed by atoms with van der Waals surface area (Å²) in [6, 6.07) is 22.1. The molecule has 2 amide bonds. The van der Waals surface area contributed by atoms with E-state index in [0.29, 0.717) is 23.4 Å². The Bertz CT molecular complexity index is 1260. The van der Waals surface area contributed by atoms with Gasteiger partial charge in [0, 0.05) is 17.3 Å². The van der Waals surface area contributed by atoms with Crippen molar-refractivity contribution in [3.63, 3.8) is 0 Å². The zero-order valence-corrected chi connectivity index (χ0v) is 16.4. The Morgan fingerprint density at radius 2 is 1.71 bits per heavy atom. The van der Waals surface area contributed by atoms with E-state index in [-0.39, 0.29) is 5.91 Å². The van der Waals surface area contributed by atoms with Gasteiger partial charge in [-0.3, -0.25) is 14.8 Å². The van der Waals surface area contributed by atoms with Gasteiger partial charge in [-0.15, -0.1) is 5.10 Å². The molecule has 0 aliphatic rings. The second kappa shape index (κ2) is 9.02. The maximum Gasteiger partial charge on any atom is 0.267 e. The molecule has 0 bridgehead atoms. The van der Waals surface area contributed by atoms with Crippen molar-refractivity contribution >= 4 is 34.6 Å². The van der Waals surface area contributed by atoms with Crippen molar-refractivity contribution < 1.29 is 14.8 Å². The van der Waals surface area contributed by atoms with Crippen LogP contribution in [-0.2, 0) is 11.3 Å². The molecule has 0 spiro atoms. The van der Waals surface area contributed by atoms with Crippen LogP contribution in [0.3, 0.4) is 0 Å². The number of hydroxylamine groups is 1. The van der Waals surface area contributed by atoms with Crippen LogP contribution in [0.5, 0.6) is 0 Å². The van der Waals surface area contributed by atoms with Gasteiger partial charge >= 0.3 is 0 Å². The lowest BCUT2D eigenvalue weighted by Crippen LogP contribution is -2.15. The number of nitrogens with zero attached hydrogens (tertiary/aromatic N) is 3. The lowest BCUT2D eigenvalue weighted by Gasteiger charge is -2.09. The van der Waals surface area contributed by atoms with E-state index in [1.807, 2.05) is 41.1 Å². The number of aromatic nitrogens is 3. The van der Waals surface area contributed by atoms with Crippen LogP contribution in [0.2, 0.25) is 0 Å². The van der Waals surface area contributed by atoms with Crippen LogP contribution < -0.4 is 10.8 Å². The first-order valence-corrected chi connectivity index (χ1v) is 9.54. The van der Waals surface area contributed by atoms with Crippen molar-refractivity contribution in [2.45, 2.75) is 6.54 Å². The van der Waals surface area contributed by atoms with Gasteiger partial charge in [-0.2, -0.15) is 0 Å². The molecule has 0 unspecified atom stereocenters. The van der Waals surface area contributed by atoms with Crippen molar-refractivity contribution in [1.29, 1.82) is 0 Å². The van der Waals surface area contributed by atoms with Crippen molar-refractivity contribution in [2.24, 2.45) is 0 Å². The van der Waals surface area contributed by atoms with Crippen LogP contribution in [0.1, 0.15) is 21.5 Å². The summed E-state index contributed by atoms with van der Waals surface area (Å²) < 4.78 is 1.82. The Kier molecular flexibility index (Phi) is 5.82. The van der Waals surface area contributed by atoms with Crippen molar-refractivity contribution in [2.75, 3.05) is 5.32 Å². The average molecular weight is 413 g/mol. The largest absolute Gasteiger partial charge is 0.321 e. The molecule has 8 heteroatoms. The molecule has 0 atom stereocenters. The number of nitrogens with one attached hydrogen (secondary N) is 2. The number of anilines is 1. The fourth-order valence-electron chi connectivity index (χ4n) is 3.12. The Morgan fingerprint density at radius 3 is 2.52 bits per heavy atom. The second-order valence-corrected chi connectivity index (χ2v) is 6.78. The third-order valence-corrected chi connectivity index (χ3v) is 4.70. The fourth-order valence-corrected chi connectivity index (χ4v) is 3.12. The summed E-state index contributed by atoms with van der Waals surface area (Å²) in [5, 5.41) is 19.8. The number of fused-ring (bicyclic) bond motifs is 1. The summed E-state index contributed by atoms with van der Waals surface area (Å²) in [5.41, 5.74) is 5.99. The lowest BCUT2D eigenvalue weighted by atomic mass is 10.1. The predicted molar refractivity (Wildman–Crippen MR) is 116 cm³/mol. The highest BCUT2D eigenvalue weighted by Crippen LogP contribution is 2.18. The van der Waals surface area contributed by atoms with Gasteiger partial charge in [-0.05, 0) is 47.5 Å². The SMILES string of the molecule is O=C(/C=C/c1ccccc1NC(=O)c1ccc(Cn2nnc3ccccc32)cc1)NO. The van der Waals surface area contributed by atoms with Gasteiger partial charge in [0.1, 0.15) is 5.52 Å². The van der Waals surface area contributed by atoms with E-state index in [4.69, 9.17) is 5.21 Å². The topological polar surface area (TPSA) is 109 Å². The highest BCUT2D eigenvalue weighted by atomic mass is 16.5. The lowest BCUT2D eigenvalue weighted by molar-refractivity contribution is -0.124. The molecule has 4 aromatic rings. The van der Waals surface area contributed by atoms with Crippen molar-refractivity contribution in [3.05, 3.63) is 95.6 Å². The zero-order chi connectivity index (χ0) is 21.6. The van der Waals surface area contributed by atoms with Crippen LogP contribution in [0.15, 0.2) is 78.9 Å². The molecule has 0 radical (unpaired) electrons. The number of carbonyl (C=O) groups excluding carboxylic acids is 2. The molecule has 0 fully saturated rings. The highest BCUT2D eigenvalue weighted by molar-refractivity contribution is 6.05. The number of hydrogen-bond acceptors (Lipinski definition) is 5. The molecule has 0 saturated carbocycles. The molecule has 3 aromatic carbocycles. The van der Waals surface area contributed by atoms with Crippen LogP contribution in [0.25, 0.3) is 17.1 Å². The van der Waals surface area contributed by atoms with Crippen LogP contribution in [-0.4, -0.2) is 32.0 Å². The van der Waals surface area contributed by atoms with E-state index in [2.05, 4.69) is 15.6 Å². The summed E-state index contributed by atoms with van der Waals surface area (Å²) in [4.78, 5) is 23.9. The molecule has 4 rings (SSSR count). The highest BCUT2D eigenvalue weighted by Gasteiger charge is 2.09. The van der Waals surface area contributed by atoms with Gasteiger partial charge in [0.15, 0.2) is 0 Å². The summed E-state index contributed by atoms with van der Waals surface area (Å²) in [6.45, 7) is 0.545. The van der Waals surface area contributed by atoms with E-state index in [0.717, 1.165) is 16.6 Å². The minimum absolute atomic E-state index is 0.273. The zero-order valence-electron chi connectivity index (χ0n) is 16.4. The number of benzene rings is 3. The molecule has 0 saturated heterocycles. The molecule has 1 aromatic heterocycles. The number of hydrogen-bond donors (Lipinski definition) is 3. The molecule has 0 aliphatic heterocycles. The molecule has 8 nitrogen and oxygen atoms in total.